The Labute approximate surface area is 222 Å². The quantitative estimate of drug-likeness (QED) is 0.441. The van der Waals surface area contributed by atoms with E-state index in [1.54, 1.807) is 36.3 Å². The van der Waals surface area contributed by atoms with E-state index in [1.165, 1.54) is 4.31 Å². The summed E-state index contributed by atoms with van der Waals surface area (Å²) in [6.45, 7) is 10.0. The molecule has 1 N–H and O–H groups in total. The number of sulfonamides is 1. The molecule has 2 aromatic rings. The Morgan fingerprint density at radius 1 is 1.05 bits per heavy atom. The van der Waals surface area contributed by atoms with E-state index in [9.17, 15) is 18.0 Å². The SMILES string of the molecule is CC[C@H](C(=O)NC(C)(C)C)N(Cc1ccccc1C)C(=O)CCCN(c1ccc(OC)cc1)S(C)(=O)=O. The molecule has 2 rings (SSSR count). The molecule has 0 saturated heterocycles. The smallest absolute Gasteiger partial charge is 0.243 e. The molecular formula is C28H41N3O5S. The fraction of sp³-hybridized carbons (Fsp3) is 0.500. The molecule has 0 aliphatic rings. The van der Waals surface area contributed by atoms with E-state index in [0.717, 1.165) is 17.4 Å². The van der Waals surface area contributed by atoms with E-state index in [2.05, 4.69) is 5.32 Å². The van der Waals surface area contributed by atoms with E-state index in [1.807, 2.05) is 58.9 Å². The molecule has 0 unspecified atom stereocenters. The molecule has 0 bridgehead atoms. The predicted molar refractivity (Wildman–Crippen MR) is 148 cm³/mol. The zero-order valence-electron chi connectivity index (χ0n) is 23.1. The predicted octanol–water partition coefficient (Wildman–Crippen LogP) is 4.27. The Bertz CT molecular complexity index is 1160. The summed E-state index contributed by atoms with van der Waals surface area (Å²) in [5.41, 5.74) is 2.07. The maximum absolute atomic E-state index is 13.5. The van der Waals surface area contributed by atoms with Crippen LogP contribution in [0, 0.1) is 6.92 Å². The molecule has 0 heterocycles. The average molecular weight is 532 g/mol. The van der Waals surface area contributed by atoms with Crippen molar-refractivity contribution >= 4 is 27.5 Å². The highest BCUT2D eigenvalue weighted by atomic mass is 32.2. The van der Waals surface area contributed by atoms with Crippen molar-refractivity contribution in [1.29, 1.82) is 0 Å². The number of nitrogens with one attached hydrogen (secondary N) is 1. The van der Waals surface area contributed by atoms with Gasteiger partial charge in [-0.05, 0) is 75.9 Å². The van der Waals surface area contributed by atoms with Crippen LogP contribution in [0.2, 0.25) is 0 Å². The number of anilines is 1. The van der Waals surface area contributed by atoms with Gasteiger partial charge in [0.2, 0.25) is 21.8 Å². The highest BCUT2D eigenvalue weighted by molar-refractivity contribution is 7.92. The molecule has 204 valence electrons. The third kappa shape index (κ3) is 9.07. The first kappa shape index (κ1) is 30.2. The van der Waals surface area contributed by atoms with Crippen LogP contribution < -0.4 is 14.4 Å². The third-order valence-corrected chi connectivity index (χ3v) is 7.19. The zero-order valence-corrected chi connectivity index (χ0v) is 23.9. The van der Waals surface area contributed by atoms with Crippen LogP contribution in [0.4, 0.5) is 5.69 Å². The normalized spacial score (nSPS) is 12.5. The van der Waals surface area contributed by atoms with Crippen molar-refractivity contribution < 1.29 is 22.7 Å². The summed E-state index contributed by atoms with van der Waals surface area (Å²) in [4.78, 5) is 28.3. The van der Waals surface area contributed by atoms with E-state index in [-0.39, 0.29) is 24.8 Å². The summed E-state index contributed by atoms with van der Waals surface area (Å²) >= 11 is 0. The number of aryl methyl sites for hydroxylation is 1. The second-order valence-corrected chi connectivity index (χ2v) is 12.2. The van der Waals surface area contributed by atoms with Gasteiger partial charge in [-0.3, -0.25) is 13.9 Å². The molecule has 0 aliphatic heterocycles. The highest BCUT2D eigenvalue weighted by Gasteiger charge is 2.31. The fourth-order valence-electron chi connectivity index (χ4n) is 4.10. The van der Waals surface area contributed by atoms with Crippen LogP contribution in [-0.4, -0.2) is 56.6 Å². The van der Waals surface area contributed by atoms with Gasteiger partial charge >= 0.3 is 0 Å². The van der Waals surface area contributed by atoms with Crippen molar-refractivity contribution in [3.63, 3.8) is 0 Å². The summed E-state index contributed by atoms with van der Waals surface area (Å²) in [6, 6.07) is 13.9. The van der Waals surface area contributed by atoms with Gasteiger partial charge in [-0.2, -0.15) is 0 Å². The lowest BCUT2D eigenvalue weighted by Crippen LogP contribution is -2.53. The lowest BCUT2D eigenvalue weighted by atomic mass is 10.0. The van der Waals surface area contributed by atoms with Crippen LogP contribution >= 0.6 is 0 Å². The number of hydrogen-bond acceptors (Lipinski definition) is 5. The van der Waals surface area contributed by atoms with Crippen molar-refractivity contribution in [2.24, 2.45) is 0 Å². The molecule has 0 fully saturated rings. The Balaban J connectivity index is 2.24. The lowest BCUT2D eigenvalue weighted by molar-refractivity contribution is -0.142. The Morgan fingerprint density at radius 2 is 1.68 bits per heavy atom. The van der Waals surface area contributed by atoms with Gasteiger partial charge in [-0.15, -0.1) is 0 Å². The molecule has 1 atom stereocenters. The van der Waals surface area contributed by atoms with Crippen molar-refractivity contribution in [3.8, 4) is 5.75 Å². The number of methoxy groups -OCH3 is 1. The Hall–Kier alpha value is -3.07. The molecule has 0 radical (unpaired) electrons. The fourth-order valence-corrected chi connectivity index (χ4v) is 5.06. The number of carbonyl (C=O) groups excluding carboxylic acids is 2. The van der Waals surface area contributed by atoms with Crippen molar-refractivity contribution in [2.75, 3.05) is 24.2 Å². The third-order valence-electron chi connectivity index (χ3n) is 6.00. The van der Waals surface area contributed by atoms with Gasteiger partial charge in [-0.1, -0.05) is 31.2 Å². The number of hydrogen-bond donors (Lipinski definition) is 1. The van der Waals surface area contributed by atoms with Gasteiger partial charge in [0.15, 0.2) is 0 Å². The minimum Gasteiger partial charge on any atom is -0.497 e. The summed E-state index contributed by atoms with van der Waals surface area (Å²) in [6.07, 6.45) is 2.02. The molecule has 2 aromatic carbocycles. The van der Waals surface area contributed by atoms with Crippen LogP contribution in [0.25, 0.3) is 0 Å². The molecule has 8 nitrogen and oxygen atoms in total. The standard InChI is InChI=1S/C28H41N3O5S/c1-8-25(27(33)29-28(3,4)5)30(20-22-13-10-9-12-21(22)2)26(32)14-11-19-31(37(7,34)35)23-15-17-24(36-6)18-16-23/h9-10,12-13,15-18,25H,8,11,14,19-20H2,1-7H3,(H,29,33)/t25-/m1/s1. The van der Waals surface area contributed by atoms with Gasteiger partial charge in [0.1, 0.15) is 11.8 Å². The van der Waals surface area contributed by atoms with Crippen LogP contribution in [0.15, 0.2) is 48.5 Å². The van der Waals surface area contributed by atoms with Gasteiger partial charge in [-0.25, -0.2) is 8.42 Å². The molecule has 37 heavy (non-hydrogen) atoms. The molecule has 9 heteroatoms. The van der Waals surface area contributed by atoms with Gasteiger partial charge in [0.25, 0.3) is 0 Å². The first-order valence-electron chi connectivity index (χ1n) is 12.5. The van der Waals surface area contributed by atoms with Crippen LogP contribution in [0.1, 0.15) is 58.1 Å². The molecular weight excluding hydrogens is 490 g/mol. The summed E-state index contributed by atoms with van der Waals surface area (Å²) < 4.78 is 31.4. The first-order valence-corrected chi connectivity index (χ1v) is 14.4. The van der Waals surface area contributed by atoms with Gasteiger partial charge < -0.3 is 15.0 Å². The first-order chi connectivity index (χ1) is 17.3. The summed E-state index contributed by atoms with van der Waals surface area (Å²) in [5, 5.41) is 3.00. The Kier molecular flexibility index (Phi) is 10.5. The number of ether oxygens (including phenoxy) is 1. The van der Waals surface area contributed by atoms with Crippen molar-refractivity contribution in [1.82, 2.24) is 10.2 Å². The van der Waals surface area contributed by atoms with Crippen molar-refractivity contribution in [2.45, 2.75) is 72.0 Å². The number of benzene rings is 2. The maximum atomic E-state index is 13.5. The second kappa shape index (κ2) is 12.9. The zero-order chi connectivity index (χ0) is 27.8. The van der Waals surface area contributed by atoms with Crippen LogP contribution in [0.5, 0.6) is 5.75 Å². The van der Waals surface area contributed by atoms with Crippen LogP contribution in [0.3, 0.4) is 0 Å². The molecule has 0 aromatic heterocycles. The van der Waals surface area contributed by atoms with E-state index in [0.29, 0.717) is 30.8 Å². The molecule has 0 spiro atoms. The number of carbonyl (C=O) groups is 2. The molecule has 0 saturated carbocycles. The van der Waals surface area contributed by atoms with Gasteiger partial charge in [0.05, 0.1) is 19.1 Å². The van der Waals surface area contributed by atoms with Crippen LogP contribution in [-0.2, 0) is 26.2 Å². The second-order valence-electron chi connectivity index (χ2n) is 10.2. The molecule has 0 aliphatic carbocycles. The lowest BCUT2D eigenvalue weighted by Gasteiger charge is -2.33. The average Bonchev–Trinajstić information content (AvgIpc) is 2.81. The van der Waals surface area contributed by atoms with Crippen molar-refractivity contribution in [3.05, 3.63) is 59.7 Å². The summed E-state index contributed by atoms with van der Waals surface area (Å²) in [7, 11) is -2.02. The highest BCUT2D eigenvalue weighted by Crippen LogP contribution is 2.23. The van der Waals surface area contributed by atoms with E-state index >= 15 is 0 Å². The minimum atomic E-state index is -3.56. The number of amides is 2. The van der Waals surface area contributed by atoms with E-state index < -0.39 is 21.6 Å². The number of nitrogens with zero attached hydrogens (tertiary/aromatic N) is 2. The molecule has 2 amide bonds. The van der Waals surface area contributed by atoms with Gasteiger partial charge in [0, 0.05) is 25.0 Å². The number of rotatable bonds is 12. The summed E-state index contributed by atoms with van der Waals surface area (Å²) in [5.74, 6) is 0.230. The largest absolute Gasteiger partial charge is 0.497 e. The maximum Gasteiger partial charge on any atom is 0.243 e. The Morgan fingerprint density at radius 3 is 2.19 bits per heavy atom. The van der Waals surface area contributed by atoms with E-state index in [4.69, 9.17) is 4.74 Å². The topological polar surface area (TPSA) is 96.0 Å². The minimum absolute atomic E-state index is 0.105. The monoisotopic (exact) mass is 531 g/mol.